The molecule has 0 bridgehead atoms. The average molecular weight is 355 g/mol. The standard InChI is InChI=1S/C19H15BrS/c1-2-14-4-3-5-15(10-14)13-21-19-9-7-16-11-18(20)8-6-17(16)12-19/h2-12H,1,13H2. The lowest BCUT2D eigenvalue weighted by Crippen LogP contribution is -1.82. The molecule has 3 aromatic rings. The molecule has 21 heavy (non-hydrogen) atoms. The van der Waals surface area contributed by atoms with E-state index < -0.39 is 0 Å². The molecule has 0 aliphatic heterocycles. The van der Waals surface area contributed by atoms with Gasteiger partial charge in [0, 0.05) is 15.1 Å². The second kappa shape index (κ2) is 6.50. The van der Waals surface area contributed by atoms with Crippen molar-refractivity contribution >= 4 is 44.5 Å². The Bertz CT molecular complexity index is 792. The molecule has 3 aromatic carbocycles. The average Bonchev–Trinajstić information content (AvgIpc) is 2.53. The first-order chi connectivity index (χ1) is 10.2. The molecule has 0 fully saturated rings. The Labute approximate surface area is 138 Å². The first kappa shape index (κ1) is 14.4. The Morgan fingerprint density at radius 3 is 2.62 bits per heavy atom. The van der Waals surface area contributed by atoms with Gasteiger partial charge in [-0.1, -0.05) is 65.0 Å². The second-order valence-corrected chi connectivity index (χ2v) is 6.86. The molecule has 0 spiro atoms. The Morgan fingerprint density at radius 2 is 1.76 bits per heavy atom. The van der Waals surface area contributed by atoms with Crippen LogP contribution < -0.4 is 0 Å². The zero-order valence-electron chi connectivity index (χ0n) is 11.6. The molecule has 0 atom stereocenters. The second-order valence-electron chi connectivity index (χ2n) is 4.89. The Hall–Kier alpha value is -1.51. The molecule has 0 radical (unpaired) electrons. The van der Waals surface area contributed by atoms with Gasteiger partial charge in [0.05, 0.1) is 0 Å². The first-order valence-electron chi connectivity index (χ1n) is 6.78. The van der Waals surface area contributed by atoms with Crippen LogP contribution in [0.1, 0.15) is 11.1 Å². The highest BCUT2D eigenvalue weighted by molar-refractivity contribution is 9.10. The van der Waals surface area contributed by atoms with Gasteiger partial charge in [0.25, 0.3) is 0 Å². The molecule has 0 saturated carbocycles. The summed E-state index contributed by atoms with van der Waals surface area (Å²) in [6.07, 6.45) is 1.89. The van der Waals surface area contributed by atoms with E-state index >= 15 is 0 Å². The largest absolute Gasteiger partial charge is 0.121 e. The molecule has 0 aliphatic carbocycles. The minimum atomic E-state index is 0.976. The molecule has 0 unspecified atom stereocenters. The SMILES string of the molecule is C=Cc1cccc(CSc2ccc3cc(Br)ccc3c2)c1. The van der Waals surface area contributed by atoms with Crippen molar-refractivity contribution in [1.29, 1.82) is 0 Å². The summed E-state index contributed by atoms with van der Waals surface area (Å²) >= 11 is 5.38. The lowest BCUT2D eigenvalue weighted by atomic mass is 10.1. The molecule has 0 heterocycles. The maximum Gasteiger partial charge on any atom is 0.0232 e. The van der Waals surface area contributed by atoms with Gasteiger partial charge in [-0.25, -0.2) is 0 Å². The van der Waals surface area contributed by atoms with Gasteiger partial charge in [-0.3, -0.25) is 0 Å². The molecule has 0 aromatic heterocycles. The number of thioether (sulfide) groups is 1. The smallest absolute Gasteiger partial charge is 0.0232 e. The maximum atomic E-state index is 3.82. The maximum absolute atomic E-state index is 3.82. The van der Waals surface area contributed by atoms with Crippen molar-refractivity contribution in [1.82, 2.24) is 0 Å². The number of benzene rings is 3. The van der Waals surface area contributed by atoms with Crippen LogP contribution in [-0.4, -0.2) is 0 Å². The van der Waals surface area contributed by atoms with E-state index in [1.54, 1.807) is 0 Å². The number of halogens is 1. The summed E-state index contributed by atoms with van der Waals surface area (Å²) in [5, 5.41) is 2.55. The molecule has 0 saturated heterocycles. The molecular weight excluding hydrogens is 340 g/mol. The molecule has 0 nitrogen and oxygen atoms in total. The van der Waals surface area contributed by atoms with Gasteiger partial charge in [-0.05, 0) is 46.2 Å². The first-order valence-corrected chi connectivity index (χ1v) is 8.56. The Kier molecular flexibility index (Phi) is 4.47. The molecule has 3 rings (SSSR count). The monoisotopic (exact) mass is 354 g/mol. The molecular formula is C19H15BrS. The van der Waals surface area contributed by atoms with Gasteiger partial charge in [0.2, 0.25) is 0 Å². The van der Waals surface area contributed by atoms with Crippen LogP contribution in [0.2, 0.25) is 0 Å². The summed E-state index contributed by atoms with van der Waals surface area (Å²) in [4.78, 5) is 1.30. The van der Waals surface area contributed by atoms with Crippen LogP contribution in [0.25, 0.3) is 16.8 Å². The fraction of sp³-hybridized carbons (Fsp3) is 0.0526. The predicted molar refractivity (Wildman–Crippen MR) is 97.7 cm³/mol. The van der Waals surface area contributed by atoms with Crippen LogP contribution in [0.5, 0.6) is 0 Å². The molecule has 0 amide bonds. The van der Waals surface area contributed by atoms with Gasteiger partial charge in [0.15, 0.2) is 0 Å². The van der Waals surface area contributed by atoms with Crippen LogP contribution in [0, 0.1) is 0 Å². The lowest BCUT2D eigenvalue weighted by molar-refractivity contribution is 1.38. The van der Waals surface area contributed by atoms with E-state index in [-0.39, 0.29) is 0 Å². The molecule has 104 valence electrons. The Morgan fingerprint density at radius 1 is 0.952 bits per heavy atom. The van der Waals surface area contributed by atoms with E-state index in [1.165, 1.54) is 26.8 Å². The van der Waals surface area contributed by atoms with E-state index in [1.807, 2.05) is 17.8 Å². The molecule has 0 N–H and O–H groups in total. The zero-order chi connectivity index (χ0) is 14.7. The highest BCUT2D eigenvalue weighted by Crippen LogP contribution is 2.28. The normalized spacial score (nSPS) is 10.7. The Balaban J connectivity index is 1.78. The number of fused-ring (bicyclic) bond motifs is 1. The van der Waals surface area contributed by atoms with E-state index in [4.69, 9.17) is 0 Å². The number of rotatable bonds is 4. The highest BCUT2D eigenvalue weighted by Gasteiger charge is 2.00. The zero-order valence-corrected chi connectivity index (χ0v) is 14.0. The van der Waals surface area contributed by atoms with Crippen LogP contribution in [0.4, 0.5) is 0 Å². The molecule has 0 aliphatic rings. The summed E-state index contributed by atoms with van der Waals surface area (Å²) in [6, 6.07) is 21.5. The summed E-state index contributed by atoms with van der Waals surface area (Å²) in [6.45, 7) is 3.82. The number of hydrogen-bond acceptors (Lipinski definition) is 1. The minimum absolute atomic E-state index is 0.976. The van der Waals surface area contributed by atoms with Gasteiger partial charge in [-0.2, -0.15) is 0 Å². The lowest BCUT2D eigenvalue weighted by Gasteiger charge is -2.05. The van der Waals surface area contributed by atoms with E-state index in [0.717, 1.165) is 10.2 Å². The van der Waals surface area contributed by atoms with Crippen LogP contribution in [0.15, 0.2) is 76.6 Å². The van der Waals surface area contributed by atoms with E-state index in [0.29, 0.717) is 0 Å². The van der Waals surface area contributed by atoms with Crippen molar-refractivity contribution in [2.75, 3.05) is 0 Å². The van der Waals surface area contributed by atoms with Gasteiger partial charge in [0.1, 0.15) is 0 Å². The van der Waals surface area contributed by atoms with E-state index in [2.05, 4.69) is 83.2 Å². The number of hydrogen-bond donors (Lipinski definition) is 0. The van der Waals surface area contributed by atoms with Crippen LogP contribution in [-0.2, 0) is 5.75 Å². The van der Waals surface area contributed by atoms with Crippen molar-refractivity contribution in [3.8, 4) is 0 Å². The van der Waals surface area contributed by atoms with Crippen molar-refractivity contribution < 1.29 is 0 Å². The predicted octanol–water partition coefficient (Wildman–Crippen LogP) is 6.54. The van der Waals surface area contributed by atoms with Crippen molar-refractivity contribution in [2.45, 2.75) is 10.6 Å². The summed E-state index contributed by atoms with van der Waals surface area (Å²) in [5.41, 5.74) is 2.50. The third kappa shape index (κ3) is 3.58. The van der Waals surface area contributed by atoms with Gasteiger partial charge in [-0.15, -0.1) is 11.8 Å². The van der Waals surface area contributed by atoms with Crippen molar-refractivity contribution in [2.24, 2.45) is 0 Å². The van der Waals surface area contributed by atoms with E-state index in [9.17, 15) is 0 Å². The van der Waals surface area contributed by atoms with Crippen molar-refractivity contribution in [3.63, 3.8) is 0 Å². The minimum Gasteiger partial charge on any atom is -0.121 e. The molecule has 2 heteroatoms. The fourth-order valence-corrected chi connectivity index (χ4v) is 3.53. The summed E-state index contributed by atoms with van der Waals surface area (Å²) in [7, 11) is 0. The summed E-state index contributed by atoms with van der Waals surface area (Å²) < 4.78 is 1.12. The third-order valence-corrected chi connectivity index (χ3v) is 4.92. The van der Waals surface area contributed by atoms with Crippen molar-refractivity contribution in [3.05, 3.63) is 82.8 Å². The van der Waals surface area contributed by atoms with Gasteiger partial charge >= 0.3 is 0 Å². The van der Waals surface area contributed by atoms with Crippen LogP contribution >= 0.6 is 27.7 Å². The van der Waals surface area contributed by atoms with Gasteiger partial charge < -0.3 is 0 Å². The quantitative estimate of drug-likeness (QED) is 0.479. The topological polar surface area (TPSA) is 0 Å². The highest BCUT2D eigenvalue weighted by atomic mass is 79.9. The third-order valence-electron chi connectivity index (χ3n) is 3.37. The summed E-state index contributed by atoms with van der Waals surface area (Å²) in [5.74, 6) is 0.976. The van der Waals surface area contributed by atoms with Crippen LogP contribution in [0.3, 0.4) is 0 Å². The fourth-order valence-electron chi connectivity index (χ4n) is 2.26.